The highest BCUT2D eigenvalue weighted by molar-refractivity contribution is 4.88. The number of piperazine rings is 1. The number of nitrogens with one attached hydrogen (secondary N) is 1. The summed E-state index contributed by atoms with van der Waals surface area (Å²) >= 11 is 0. The third-order valence-electron chi connectivity index (χ3n) is 5.00. The molecule has 2 rings (SSSR count). The summed E-state index contributed by atoms with van der Waals surface area (Å²) in [7, 11) is 0. The Morgan fingerprint density at radius 1 is 1.05 bits per heavy atom. The molecule has 1 aliphatic heterocycles. The molecule has 2 unspecified atom stereocenters. The van der Waals surface area contributed by atoms with Crippen LogP contribution in [0.25, 0.3) is 0 Å². The molecule has 1 heterocycles. The van der Waals surface area contributed by atoms with E-state index >= 15 is 0 Å². The first kappa shape index (κ1) is 15.3. The standard InChI is InChI=1S/C17H34N2/c1-14(2)11-16-13-19(15(3)12-18-16)17-9-7-5-4-6-8-10-17/h14-18H,4-13H2,1-3H3. The van der Waals surface area contributed by atoms with Gasteiger partial charge in [0.2, 0.25) is 0 Å². The van der Waals surface area contributed by atoms with E-state index in [2.05, 4.69) is 31.0 Å². The van der Waals surface area contributed by atoms with Crippen molar-refractivity contribution in [3.63, 3.8) is 0 Å². The Labute approximate surface area is 120 Å². The van der Waals surface area contributed by atoms with Gasteiger partial charge in [0.1, 0.15) is 0 Å². The van der Waals surface area contributed by atoms with Crippen molar-refractivity contribution in [3.8, 4) is 0 Å². The van der Waals surface area contributed by atoms with Gasteiger partial charge < -0.3 is 5.32 Å². The van der Waals surface area contributed by atoms with E-state index in [1.54, 1.807) is 0 Å². The second-order valence-corrected chi connectivity index (χ2v) is 7.28. The molecule has 0 aromatic heterocycles. The third-order valence-corrected chi connectivity index (χ3v) is 5.00. The maximum absolute atomic E-state index is 3.76. The van der Waals surface area contributed by atoms with Crippen molar-refractivity contribution >= 4 is 0 Å². The Balaban J connectivity index is 1.90. The van der Waals surface area contributed by atoms with Gasteiger partial charge in [0.15, 0.2) is 0 Å². The summed E-state index contributed by atoms with van der Waals surface area (Å²) in [5, 5.41) is 3.76. The Hall–Kier alpha value is -0.0800. The molecule has 2 atom stereocenters. The maximum Gasteiger partial charge on any atom is 0.0198 e. The normalized spacial score (nSPS) is 32.2. The Morgan fingerprint density at radius 2 is 1.68 bits per heavy atom. The molecule has 0 amide bonds. The number of rotatable bonds is 3. The number of hydrogen-bond donors (Lipinski definition) is 1. The minimum Gasteiger partial charge on any atom is -0.311 e. The third kappa shape index (κ3) is 4.75. The predicted molar refractivity (Wildman–Crippen MR) is 83.5 cm³/mol. The van der Waals surface area contributed by atoms with Crippen molar-refractivity contribution in [1.82, 2.24) is 10.2 Å². The van der Waals surface area contributed by atoms with Crippen LogP contribution in [0.3, 0.4) is 0 Å². The number of hydrogen-bond acceptors (Lipinski definition) is 2. The molecule has 2 heteroatoms. The summed E-state index contributed by atoms with van der Waals surface area (Å²) < 4.78 is 0. The highest BCUT2D eigenvalue weighted by atomic mass is 15.2. The van der Waals surface area contributed by atoms with E-state index in [9.17, 15) is 0 Å². The highest BCUT2D eigenvalue weighted by Crippen LogP contribution is 2.25. The van der Waals surface area contributed by atoms with Gasteiger partial charge in [0.05, 0.1) is 0 Å². The first-order chi connectivity index (χ1) is 9.16. The largest absolute Gasteiger partial charge is 0.311 e. The molecule has 2 nitrogen and oxygen atoms in total. The molecule has 0 radical (unpaired) electrons. The molecule has 0 aromatic rings. The van der Waals surface area contributed by atoms with Crippen LogP contribution in [0.4, 0.5) is 0 Å². The van der Waals surface area contributed by atoms with Gasteiger partial charge in [0.25, 0.3) is 0 Å². The van der Waals surface area contributed by atoms with Gasteiger partial charge in [-0.1, -0.05) is 46.0 Å². The fourth-order valence-electron chi connectivity index (χ4n) is 3.96. The molecule has 2 aliphatic rings. The highest BCUT2D eigenvalue weighted by Gasteiger charge is 2.30. The topological polar surface area (TPSA) is 15.3 Å². The van der Waals surface area contributed by atoms with Crippen LogP contribution in [0.1, 0.15) is 72.1 Å². The lowest BCUT2D eigenvalue weighted by atomic mass is 9.92. The molecule has 1 N–H and O–H groups in total. The molecular formula is C17H34N2. The Bertz CT molecular complexity index is 244. The van der Waals surface area contributed by atoms with Crippen molar-refractivity contribution in [2.45, 2.75) is 90.3 Å². The van der Waals surface area contributed by atoms with Crippen LogP contribution in [0, 0.1) is 5.92 Å². The van der Waals surface area contributed by atoms with Crippen LogP contribution >= 0.6 is 0 Å². The summed E-state index contributed by atoms with van der Waals surface area (Å²) in [5.41, 5.74) is 0. The quantitative estimate of drug-likeness (QED) is 0.835. The molecule has 0 aromatic carbocycles. The molecule has 19 heavy (non-hydrogen) atoms. The second kappa shape index (κ2) is 7.64. The molecule has 0 bridgehead atoms. The fourth-order valence-corrected chi connectivity index (χ4v) is 3.96. The SMILES string of the molecule is CC(C)CC1CN(C2CCCCCCC2)C(C)CN1. The van der Waals surface area contributed by atoms with Gasteiger partial charge in [-0.25, -0.2) is 0 Å². The van der Waals surface area contributed by atoms with Gasteiger partial charge in [0, 0.05) is 31.2 Å². The van der Waals surface area contributed by atoms with Gasteiger partial charge in [-0.15, -0.1) is 0 Å². The van der Waals surface area contributed by atoms with Crippen molar-refractivity contribution in [2.24, 2.45) is 5.92 Å². The van der Waals surface area contributed by atoms with Crippen LogP contribution in [0.5, 0.6) is 0 Å². The van der Waals surface area contributed by atoms with Crippen LogP contribution in [-0.2, 0) is 0 Å². The van der Waals surface area contributed by atoms with Gasteiger partial charge in [-0.3, -0.25) is 4.90 Å². The Kier molecular flexibility index (Phi) is 6.15. The van der Waals surface area contributed by atoms with E-state index in [0.29, 0.717) is 0 Å². The zero-order valence-electron chi connectivity index (χ0n) is 13.3. The molecule has 1 saturated carbocycles. The molecule has 112 valence electrons. The summed E-state index contributed by atoms with van der Waals surface area (Å²) in [6.45, 7) is 9.58. The zero-order chi connectivity index (χ0) is 13.7. The van der Waals surface area contributed by atoms with Crippen LogP contribution in [0.2, 0.25) is 0 Å². The fraction of sp³-hybridized carbons (Fsp3) is 1.00. The van der Waals surface area contributed by atoms with Gasteiger partial charge in [-0.05, 0) is 32.1 Å². The minimum atomic E-state index is 0.724. The summed E-state index contributed by atoms with van der Waals surface area (Å²) in [6.07, 6.45) is 11.5. The van der Waals surface area contributed by atoms with E-state index in [1.807, 2.05) is 0 Å². The van der Waals surface area contributed by atoms with Gasteiger partial charge in [-0.2, -0.15) is 0 Å². The summed E-state index contributed by atoms with van der Waals surface area (Å²) in [5.74, 6) is 0.810. The number of nitrogens with zero attached hydrogens (tertiary/aromatic N) is 1. The monoisotopic (exact) mass is 266 g/mol. The lowest BCUT2D eigenvalue weighted by Crippen LogP contribution is -2.58. The van der Waals surface area contributed by atoms with Crippen LogP contribution < -0.4 is 5.32 Å². The smallest absolute Gasteiger partial charge is 0.0198 e. The lowest BCUT2D eigenvalue weighted by Gasteiger charge is -2.44. The van der Waals surface area contributed by atoms with E-state index in [-0.39, 0.29) is 0 Å². The Morgan fingerprint density at radius 3 is 2.32 bits per heavy atom. The maximum atomic E-state index is 3.76. The molecule has 0 spiro atoms. The van der Waals surface area contributed by atoms with E-state index < -0.39 is 0 Å². The first-order valence-electron chi connectivity index (χ1n) is 8.66. The second-order valence-electron chi connectivity index (χ2n) is 7.28. The molecular weight excluding hydrogens is 232 g/mol. The van der Waals surface area contributed by atoms with Crippen LogP contribution in [-0.4, -0.2) is 36.1 Å². The van der Waals surface area contributed by atoms with Crippen molar-refractivity contribution < 1.29 is 0 Å². The van der Waals surface area contributed by atoms with Crippen LogP contribution in [0.15, 0.2) is 0 Å². The molecule has 1 saturated heterocycles. The van der Waals surface area contributed by atoms with Gasteiger partial charge >= 0.3 is 0 Å². The van der Waals surface area contributed by atoms with E-state index in [1.165, 1.54) is 64.5 Å². The molecule has 1 aliphatic carbocycles. The predicted octanol–water partition coefficient (Wildman–Crippen LogP) is 3.81. The average Bonchev–Trinajstić information content (AvgIpc) is 2.31. The average molecular weight is 266 g/mol. The summed E-state index contributed by atoms with van der Waals surface area (Å²) in [6, 6.07) is 2.32. The molecule has 2 fully saturated rings. The van der Waals surface area contributed by atoms with E-state index in [4.69, 9.17) is 0 Å². The minimum absolute atomic E-state index is 0.724. The van der Waals surface area contributed by atoms with Crippen molar-refractivity contribution in [3.05, 3.63) is 0 Å². The van der Waals surface area contributed by atoms with Crippen molar-refractivity contribution in [2.75, 3.05) is 13.1 Å². The van der Waals surface area contributed by atoms with Crippen molar-refractivity contribution in [1.29, 1.82) is 0 Å². The lowest BCUT2D eigenvalue weighted by molar-refractivity contribution is 0.0707. The first-order valence-corrected chi connectivity index (χ1v) is 8.66. The zero-order valence-corrected chi connectivity index (χ0v) is 13.3. The van der Waals surface area contributed by atoms with E-state index in [0.717, 1.165) is 24.0 Å². The summed E-state index contributed by atoms with van der Waals surface area (Å²) in [4.78, 5) is 2.84.